The van der Waals surface area contributed by atoms with Crippen LogP contribution in [0.5, 0.6) is 0 Å². The molecule has 160 valence electrons. The predicted molar refractivity (Wildman–Crippen MR) is 120 cm³/mol. The summed E-state index contributed by atoms with van der Waals surface area (Å²) in [6.07, 6.45) is 1.55. The van der Waals surface area contributed by atoms with E-state index >= 15 is 0 Å². The number of ether oxygens (including phenoxy) is 1. The largest absolute Gasteiger partial charge is 0.386 e. The lowest BCUT2D eigenvalue weighted by Crippen LogP contribution is -2.45. The van der Waals surface area contributed by atoms with E-state index in [1.807, 2.05) is 24.3 Å². The maximum absolute atomic E-state index is 13.6. The van der Waals surface area contributed by atoms with Crippen molar-refractivity contribution in [3.63, 3.8) is 0 Å². The molecule has 4 rings (SSSR count). The maximum Gasteiger partial charge on any atom is 0.257 e. The molecule has 1 atom stereocenters. The van der Waals surface area contributed by atoms with E-state index in [9.17, 15) is 9.90 Å². The van der Waals surface area contributed by atoms with Gasteiger partial charge in [-0.15, -0.1) is 0 Å². The van der Waals surface area contributed by atoms with Crippen molar-refractivity contribution in [2.24, 2.45) is 0 Å². The Morgan fingerprint density at radius 1 is 1.06 bits per heavy atom. The molecule has 0 fully saturated rings. The molecule has 0 radical (unpaired) electrons. The molecule has 0 saturated heterocycles. The SMILES string of the molecule is CO[C@]1(c2ccc(Cl)cc2)c2ccc(C(C)(C)O)cc2C(=O)N1Cc1ccc(Cl)cn1. The van der Waals surface area contributed by atoms with Crippen molar-refractivity contribution in [2.45, 2.75) is 31.7 Å². The molecule has 0 saturated carbocycles. The molecule has 5 nitrogen and oxygen atoms in total. The number of rotatable bonds is 5. The van der Waals surface area contributed by atoms with E-state index in [4.69, 9.17) is 27.9 Å². The second-order valence-corrected chi connectivity index (χ2v) is 8.91. The minimum absolute atomic E-state index is 0.207. The Labute approximate surface area is 191 Å². The summed E-state index contributed by atoms with van der Waals surface area (Å²) < 4.78 is 6.10. The lowest BCUT2D eigenvalue weighted by molar-refractivity contribution is -0.0868. The van der Waals surface area contributed by atoms with Crippen molar-refractivity contribution in [1.29, 1.82) is 0 Å². The summed E-state index contributed by atoms with van der Waals surface area (Å²) in [5.41, 5.74) is 0.995. The molecule has 7 heteroatoms. The highest BCUT2D eigenvalue weighted by Crippen LogP contribution is 2.46. The van der Waals surface area contributed by atoms with Gasteiger partial charge in [0, 0.05) is 35.0 Å². The third-order valence-electron chi connectivity index (χ3n) is 5.59. The molecule has 31 heavy (non-hydrogen) atoms. The van der Waals surface area contributed by atoms with E-state index in [0.29, 0.717) is 32.4 Å². The highest BCUT2D eigenvalue weighted by molar-refractivity contribution is 6.30. The zero-order chi connectivity index (χ0) is 22.4. The second kappa shape index (κ2) is 7.92. The first kappa shape index (κ1) is 21.8. The monoisotopic (exact) mass is 456 g/mol. The number of amides is 1. The zero-order valence-electron chi connectivity index (χ0n) is 17.4. The van der Waals surface area contributed by atoms with Crippen molar-refractivity contribution in [3.8, 4) is 0 Å². The molecule has 1 aromatic heterocycles. The maximum atomic E-state index is 13.6. The van der Waals surface area contributed by atoms with Crippen LogP contribution in [0.1, 0.15) is 46.6 Å². The van der Waals surface area contributed by atoms with Crippen LogP contribution < -0.4 is 0 Å². The Morgan fingerprint density at radius 3 is 2.32 bits per heavy atom. The summed E-state index contributed by atoms with van der Waals surface area (Å²) in [5, 5.41) is 11.6. The molecule has 1 aliphatic rings. The number of carbonyl (C=O) groups is 1. The van der Waals surface area contributed by atoms with Crippen LogP contribution in [0.4, 0.5) is 0 Å². The van der Waals surface area contributed by atoms with E-state index in [1.54, 1.807) is 62.4 Å². The number of fused-ring (bicyclic) bond motifs is 1. The summed E-state index contributed by atoms with van der Waals surface area (Å²) in [4.78, 5) is 19.7. The molecule has 0 unspecified atom stereocenters. The van der Waals surface area contributed by atoms with E-state index in [0.717, 1.165) is 5.56 Å². The summed E-state index contributed by atoms with van der Waals surface area (Å²) >= 11 is 12.1. The topological polar surface area (TPSA) is 62.7 Å². The number of hydrogen-bond donors (Lipinski definition) is 1. The Morgan fingerprint density at radius 2 is 1.74 bits per heavy atom. The van der Waals surface area contributed by atoms with E-state index in [-0.39, 0.29) is 12.5 Å². The van der Waals surface area contributed by atoms with Crippen molar-refractivity contribution in [2.75, 3.05) is 7.11 Å². The number of nitrogens with zero attached hydrogens (tertiary/aromatic N) is 2. The average Bonchev–Trinajstić information content (AvgIpc) is 2.98. The van der Waals surface area contributed by atoms with Gasteiger partial charge in [0.1, 0.15) is 0 Å². The predicted octanol–water partition coefficient (Wildman–Crippen LogP) is 5.12. The number of hydrogen-bond acceptors (Lipinski definition) is 4. The van der Waals surface area contributed by atoms with Crippen LogP contribution in [-0.2, 0) is 22.6 Å². The normalized spacial score (nSPS) is 18.4. The van der Waals surface area contributed by atoms with Gasteiger partial charge in [-0.25, -0.2) is 0 Å². The van der Waals surface area contributed by atoms with Crippen LogP contribution in [-0.4, -0.2) is 28.0 Å². The van der Waals surface area contributed by atoms with E-state index in [1.165, 1.54) is 0 Å². The van der Waals surface area contributed by atoms with Crippen LogP contribution in [0.2, 0.25) is 10.0 Å². The fourth-order valence-corrected chi connectivity index (χ4v) is 4.24. The van der Waals surface area contributed by atoms with E-state index < -0.39 is 11.3 Å². The Bertz CT molecular complexity index is 1130. The Kier molecular flexibility index (Phi) is 5.56. The molecule has 0 aliphatic carbocycles. The number of benzene rings is 2. The van der Waals surface area contributed by atoms with Gasteiger partial charge in [0.2, 0.25) is 0 Å². The molecule has 0 bridgehead atoms. The number of carbonyl (C=O) groups excluding carboxylic acids is 1. The lowest BCUT2D eigenvalue weighted by Gasteiger charge is -2.38. The summed E-state index contributed by atoms with van der Waals surface area (Å²) in [5.74, 6) is -0.213. The number of pyridine rings is 1. The first-order valence-corrected chi connectivity index (χ1v) is 10.5. The molecule has 1 aliphatic heterocycles. The van der Waals surface area contributed by atoms with Gasteiger partial charge in [-0.1, -0.05) is 47.5 Å². The Hall–Kier alpha value is -2.44. The summed E-state index contributed by atoms with van der Waals surface area (Å²) in [6.45, 7) is 3.58. The average molecular weight is 457 g/mol. The van der Waals surface area contributed by atoms with Gasteiger partial charge in [0.15, 0.2) is 5.72 Å². The van der Waals surface area contributed by atoms with Gasteiger partial charge >= 0.3 is 0 Å². The van der Waals surface area contributed by atoms with Crippen LogP contribution in [0.3, 0.4) is 0 Å². The molecular weight excluding hydrogens is 435 g/mol. The molecule has 3 aromatic rings. The van der Waals surface area contributed by atoms with Gasteiger partial charge in [-0.05, 0) is 49.7 Å². The lowest BCUT2D eigenvalue weighted by atomic mass is 9.89. The molecule has 1 amide bonds. The highest BCUT2D eigenvalue weighted by Gasteiger charge is 2.52. The Balaban J connectivity index is 1.91. The van der Waals surface area contributed by atoms with Gasteiger partial charge in [0.05, 0.1) is 22.9 Å². The third kappa shape index (κ3) is 3.72. The quantitative estimate of drug-likeness (QED) is 0.578. The fourth-order valence-electron chi connectivity index (χ4n) is 4.00. The molecule has 2 heterocycles. The van der Waals surface area contributed by atoms with Crippen LogP contribution >= 0.6 is 23.2 Å². The van der Waals surface area contributed by atoms with Crippen molar-refractivity contribution in [3.05, 3.63) is 98.8 Å². The van der Waals surface area contributed by atoms with Gasteiger partial charge in [-0.3, -0.25) is 14.7 Å². The van der Waals surface area contributed by atoms with Gasteiger partial charge in [-0.2, -0.15) is 0 Å². The fraction of sp³-hybridized carbons (Fsp3) is 0.250. The minimum atomic E-state index is -1.17. The zero-order valence-corrected chi connectivity index (χ0v) is 18.9. The summed E-state index contributed by atoms with van der Waals surface area (Å²) in [6, 6.07) is 16.1. The molecule has 1 N–H and O–H groups in total. The van der Waals surface area contributed by atoms with Crippen molar-refractivity contribution >= 4 is 29.1 Å². The third-order valence-corrected chi connectivity index (χ3v) is 6.06. The smallest absolute Gasteiger partial charge is 0.257 e. The second-order valence-electron chi connectivity index (χ2n) is 8.03. The number of methoxy groups -OCH3 is 1. The first-order chi connectivity index (χ1) is 14.7. The number of aliphatic hydroxyl groups is 1. The van der Waals surface area contributed by atoms with Crippen LogP contribution in [0, 0.1) is 0 Å². The van der Waals surface area contributed by atoms with Crippen LogP contribution in [0.25, 0.3) is 0 Å². The molecular formula is C24H22Cl2N2O3. The van der Waals surface area contributed by atoms with Crippen molar-refractivity contribution < 1.29 is 14.6 Å². The number of aromatic nitrogens is 1. The minimum Gasteiger partial charge on any atom is -0.386 e. The first-order valence-electron chi connectivity index (χ1n) is 9.78. The summed E-state index contributed by atoms with van der Waals surface area (Å²) in [7, 11) is 1.57. The van der Waals surface area contributed by atoms with Crippen LogP contribution in [0.15, 0.2) is 60.8 Å². The molecule has 2 aromatic carbocycles. The standard InChI is InChI=1S/C24H22Cl2N2O3/c1-23(2,30)16-6-11-21-20(12-16)22(29)28(14-19-10-9-18(26)13-27-19)24(21,31-3)15-4-7-17(25)8-5-15/h4-13,30H,14H2,1-3H3/t24-/m1/s1. The van der Waals surface area contributed by atoms with E-state index in [2.05, 4.69) is 4.98 Å². The highest BCUT2D eigenvalue weighted by atomic mass is 35.5. The van der Waals surface area contributed by atoms with Gasteiger partial charge < -0.3 is 9.84 Å². The molecule has 0 spiro atoms. The number of halogens is 2. The van der Waals surface area contributed by atoms with Crippen molar-refractivity contribution in [1.82, 2.24) is 9.88 Å². The van der Waals surface area contributed by atoms with Gasteiger partial charge in [0.25, 0.3) is 5.91 Å².